The fourth-order valence-electron chi connectivity index (χ4n) is 3.77. The van der Waals surface area contributed by atoms with Crippen molar-refractivity contribution in [2.24, 2.45) is 0 Å². The summed E-state index contributed by atoms with van der Waals surface area (Å²) in [6.45, 7) is 3.95. The number of amides is 2. The third-order valence-corrected chi connectivity index (χ3v) is 6.37. The lowest BCUT2D eigenvalue weighted by Gasteiger charge is -2.22. The first kappa shape index (κ1) is 25.2. The lowest BCUT2D eigenvalue weighted by atomic mass is 10.0. The standard InChI is InChI=1S/C25H30Cl2N2O4/c1-2-20(28-23(30)13-8-16-32-22-12-7-10-19(26)25(22)27)18-9-3-4-11-21(18)33-17-24(31)29-14-5-6-15-29/h3-4,7,9-12,20H,2,5-6,8,13-17H2,1H3,(H,28,30). The summed E-state index contributed by atoms with van der Waals surface area (Å²) >= 11 is 12.1. The van der Waals surface area contributed by atoms with Crippen LogP contribution in [0, 0.1) is 0 Å². The minimum atomic E-state index is -0.209. The molecule has 0 aromatic heterocycles. The third kappa shape index (κ3) is 7.27. The van der Waals surface area contributed by atoms with Crippen LogP contribution in [0.25, 0.3) is 0 Å². The molecule has 0 bridgehead atoms. The number of nitrogens with one attached hydrogen (secondary N) is 1. The van der Waals surface area contributed by atoms with Crippen LogP contribution in [-0.2, 0) is 9.59 Å². The number of hydrogen-bond donors (Lipinski definition) is 1. The number of rotatable bonds is 11. The van der Waals surface area contributed by atoms with Gasteiger partial charge in [-0.3, -0.25) is 9.59 Å². The third-order valence-electron chi connectivity index (χ3n) is 5.57. The van der Waals surface area contributed by atoms with E-state index in [1.54, 1.807) is 18.2 Å². The number of carbonyl (C=O) groups is 2. The number of ether oxygens (including phenoxy) is 2. The van der Waals surface area contributed by atoms with Gasteiger partial charge in [-0.15, -0.1) is 0 Å². The van der Waals surface area contributed by atoms with Gasteiger partial charge in [0.1, 0.15) is 16.5 Å². The van der Waals surface area contributed by atoms with Gasteiger partial charge in [0.15, 0.2) is 6.61 Å². The molecule has 0 spiro atoms. The maximum absolute atomic E-state index is 12.6. The summed E-state index contributed by atoms with van der Waals surface area (Å²) in [5.74, 6) is 1.05. The van der Waals surface area contributed by atoms with Crippen molar-refractivity contribution in [3.05, 3.63) is 58.1 Å². The second-order valence-electron chi connectivity index (χ2n) is 7.95. The lowest BCUT2D eigenvalue weighted by Crippen LogP contribution is -2.32. The minimum Gasteiger partial charge on any atom is -0.492 e. The lowest BCUT2D eigenvalue weighted by molar-refractivity contribution is -0.132. The highest BCUT2D eigenvalue weighted by atomic mass is 35.5. The molecule has 1 atom stereocenters. The molecule has 1 saturated heterocycles. The van der Waals surface area contributed by atoms with Gasteiger partial charge >= 0.3 is 0 Å². The molecule has 1 N–H and O–H groups in total. The number of para-hydroxylation sites is 1. The Hall–Kier alpha value is -2.44. The Morgan fingerprint density at radius 1 is 1.03 bits per heavy atom. The van der Waals surface area contributed by atoms with Gasteiger partial charge in [-0.2, -0.15) is 0 Å². The molecule has 8 heteroatoms. The van der Waals surface area contributed by atoms with E-state index < -0.39 is 0 Å². The van der Waals surface area contributed by atoms with E-state index in [4.69, 9.17) is 32.7 Å². The van der Waals surface area contributed by atoms with E-state index >= 15 is 0 Å². The fourth-order valence-corrected chi connectivity index (χ4v) is 4.12. The first-order chi connectivity index (χ1) is 16.0. The molecule has 1 fully saturated rings. The summed E-state index contributed by atoms with van der Waals surface area (Å²) in [6.07, 6.45) is 3.63. The van der Waals surface area contributed by atoms with E-state index in [-0.39, 0.29) is 24.5 Å². The van der Waals surface area contributed by atoms with Crippen molar-refractivity contribution >= 4 is 35.0 Å². The average Bonchev–Trinajstić information content (AvgIpc) is 3.37. The Morgan fingerprint density at radius 3 is 2.52 bits per heavy atom. The van der Waals surface area contributed by atoms with Crippen LogP contribution in [0.3, 0.4) is 0 Å². The van der Waals surface area contributed by atoms with Gasteiger partial charge in [0.05, 0.1) is 17.7 Å². The van der Waals surface area contributed by atoms with E-state index in [0.29, 0.717) is 47.4 Å². The van der Waals surface area contributed by atoms with Crippen molar-refractivity contribution in [2.45, 2.75) is 45.1 Å². The summed E-state index contributed by atoms with van der Waals surface area (Å²) in [6, 6.07) is 12.5. The van der Waals surface area contributed by atoms with E-state index in [0.717, 1.165) is 31.5 Å². The smallest absolute Gasteiger partial charge is 0.260 e. The molecule has 0 saturated carbocycles. The number of likely N-dealkylation sites (tertiary alicyclic amines) is 1. The highest BCUT2D eigenvalue weighted by Crippen LogP contribution is 2.31. The number of hydrogen-bond acceptors (Lipinski definition) is 4. The molecular weight excluding hydrogens is 463 g/mol. The van der Waals surface area contributed by atoms with Crippen LogP contribution in [-0.4, -0.2) is 43.0 Å². The van der Waals surface area contributed by atoms with Crippen molar-refractivity contribution in [1.29, 1.82) is 0 Å². The molecule has 33 heavy (non-hydrogen) atoms. The molecule has 2 amide bonds. The molecule has 3 rings (SSSR count). The molecule has 178 valence electrons. The average molecular weight is 493 g/mol. The van der Waals surface area contributed by atoms with E-state index in [2.05, 4.69) is 5.32 Å². The summed E-state index contributed by atoms with van der Waals surface area (Å²) in [7, 11) is 0. The molecular formula is C25H30Cl2N2O4. The summed E-state index contributed by atoms with van der Waals surface area (Å²) in [4.78, 5) is 26.7. The second kappa shape index (κ2) is 12.7. The van der Waals surface area contributed by atoms with Gasteiger partial charge in [0.2, 0.25) is 5.91 Å². The normalized spacial score (nSPS) is 14.1. The van der Waals surface area contributed by atoms with E-state index in [1.165, 1.54) is 0 Å². The van der Waals surface area contributed by atoms with Crippen molar-refractivity contribution < 1.29 is 19.1 Å². The van der Waals surface area contributed by atoms with Crippen LogP contribution < -0.4 is 14.8 Å². The van der Waals surface area contributed by atoms with Crippen LogP contribution in [0.15, 0.2) is 42.5 Å². The van der Waals surface area contributed by atoms with Gasteiger partial charge in [0.25, 0.3) is 5.91 Å². The highest BCUT2D eigenvalue weighted by molar-refractivity contribution is 6.42. The van der Waals surface area contributed by atoms with Gasteiger partial charge in [-0.1, -0.05) is 54.4 Å². The molecule has 1 heterocycles. The Labute approximate surface area is 205 Å². The Balaban J connectivity index is 1.49. The van der Waals surface area contributed by atoms with Gasteiger partial charge < -0.3 is 19.7 Å². The van der Waals surface area contributed by atoms with E-state index in [9.17, 15) is 9.59 Å². The zero-order valence-corrected chi connectivity index (χ0v) is 20.3. The summed E-state index contributed by atoms with van der Waals surface area (Å²) in [5.41, 5.74) is 0.865. The van der Waals surface area contributed by atoms with Gasteiger partial charge in [-0.25, -0.2) is 0 Å². The first-order valence-electron chi connectivity index (χ1n) is 11.3. The fraction of sp³-hybridized carbons (Fsp3) is 0.440. The summed E-state index contributed by atoms with van der Waals surface area (Å²) in [5, 5.41) is 3.87. The van der Waals surface area contributed by atoms with Crippen molar-refractivity contribution in [1.82, 2.24) is 10.2 Å². The molecule has 1 unspecified atom stereocenters. The number of benzene rings is 2. The molecule has 2 aromatic rings. The Morgan fingerprint density at radius 2 is 1.76 bits per heavy atom. The zero-order chi connectivity index (χ0) is 23.6. The molecule has 0 aliphatic carbocycles. The Bertz CT molecular complexity index is 948. The molecule has 1 aliphatic rings. The minimum absolute atomic E-state index is 0.000746. The van der Waals surface area contributed by atoms with Gasteiger partial charge in [-0.05, 0) is 43.9 Å². The predicted octanol–water partition coefficient (Wildman–Crippen LogP) is 5.42. The van der Waals surface area contributed by atoms with Gasteiger partial charge in [0, 0.05) is 25.1 Å². The van der Waals surface area contributed by atoms with Crippen molar-refractivity contribution in [3.8, 4) is 11.5 Å². The largest absolute Gasteiger partial charge is 0.492 e. The summed E-state index contributed by atoms with van der Waals surface area (Å²) < 4.78 is 11.5. The highest BCUT2D eigenvalue weighted by Gasteiger charge is 2.21. The topological polar surface area (TPSA) is 67.9 Å². The monoisotopic (exact) mass is 492 g/mol. The maximum atomic E-state index is 12.6. The second-order valence-corrected chi connectivity index (χ2v) is 8.73. The quantitative estimate of drug-likeness (QED) is 0.425. The predicted molar refractivity (Wildman–Crippen MR) is 130 cm³/mol. The zero-order valence-electron chi connectivity index (χ0n) is 18.8. The molecule has 1 aliphatic heterocycles. The van der Waals surface area contributed by atoms with Crippen LogP contribution in [0.4, 0.5) is 0 Å². The number of halogens is 2. The van der Waals surface area contributed by atoms with Crippen molar-refractivity contribution in [3.63, 3.8) is 0 Å². The number of nitrogens with zero attached hydrogens (tertiary/aromatic N) is 1. The molecule has 0 radical (unpaired) electrons. The number of carbonyl (C=O) groups excluding carboxylic acids is 2. The SMILES string of the molecule is CCC(NC(=O)CCCOc1cccc(Cl)c1Cl)c1ccccc1OCC(=O)N1CCCC1. The van der Waals surface area contributed by atoms with Crippen LogP contribution in [0.2, 0.25) is 10.0 Å². The van der Waals surface area contributed by atoms with E-state index in [1.807, 2.05) is 36.1 Å². The van der Waals surface area contributed by atoms with Crippen LogP contribution >= 0.6 is 23.2 Å². The first-order valence-corrected chi connectivity index (χ1v) is 12.1. The van der Waals surface area contributed by atoms with Crippen molar-refractivity contribution in [2.75, 3.05) is 26.3 Å². The molecule has 2 aromatic carbocycles. The molecule has 6 nitrogen and oxygen atoms in total. The maximum Gasteiger partial charge on any atom is 0.260 e. The van der Waals surface area contributed by atoms with Crippen LogP contribution in [0.1, 0.15) is 50.6 Å². The van der Waals surface area contributed by atoms with Crippen LogP contribution in [0.5, 0.6) is 11.5 Å². The Kier molecular flexibility index (Phi) is 9.70.